The third-order valence-corrected chi connectivity index (χ3v) is 6.00. The molecule has 1 atom stereocenters. The van der Waals surface area contributed by atoms with Crippen LogP contribution in [0.25, 0.3) is 11.3 Å². The molecular weight excluding hydrogens is 438 g/mol. The first-order valence-electron chi connectivity index (χ1n) is 11.5. The number of hydrogen-bond acceptors (Lipinski definition) is 4. The predicted molar refractivity (Wildman–Crippen MR) is 135 cm³/mol. The number of nitrogens with zero attached hydrogens (tertiary/aromatic N) is 2. The molecular formula is C29H25N3O3. The number of pyridine rings is 1. The van der Waals surface area contributed by atoms with Crippen LogP contribution in [0.1, 0.15) is 16.7 Å². The Bertz CT molecular complexity index is 1310. The largest absolute Gasteiger partial charge is 0.445 e. The monoisotopic (exact) mass is 463 g/mol. The van der Waals surface area contributed by atoms with Crippen LogP contribution in [-0.2, 0) is 29.1 Å². The number of rotatable bonds is 6. The molecule has 35 heavy (non-hydrogen) atoms. The quantitative estimate of drug-likeness (QED) is 0.430. The average molecular weight is 464 g/mol. The van der Waals surface area contributed by atoms with Gasteiger partial charge in [-0.3, -0.25) is 9.78 Å². The molecule has 5 rings (SSSR count). The highest BCUT2D eigenvalue weighted by molar-refractivity contribution is 6.01. The highest BCUT2D eigenvalue weighted by Crippen LogP contribution is 2.32. The second-order valence-electron chi connectivity index (χ2n) is 8.44. The highest BCUT2D eigenvalue weighted by atomic mass is 16.5. The molecule has 174 valence electrons. The Hall–Kier alpha value is -4.45. The van der Waals surface area contributed by atoms with Crippen LogP contribution in [0, 0.1) is 0 Å². The first-order valence-corrected chi connectivity index (χ1v) is 11.5. The van der Waals surface area contributed by atoms with Crippen molar-refractivity contribution in [2.75, 3.05) is 4.90 Å². The first kappa shape index (κ1) is 22.3. The van der Waals surface area contributed by atoms with Gasteiger partial charge in [-0.25, -0.2) is 4.79 Å². The molecule has 1 unspecified atom stereocenters. The molecule has 6 heteroatoms. The Labute approximate surface area is 204 Å². The molecule has 0 aliphatic carbocycles. The van der Waals surface area contributed by atoms with Crippen LogP contribution in [0.4, 0.5) is 10.5 Å². The summed E-state index contributed by atoms with van der Waals surface area (Å²) in [5.74, 6) is -0.188. The van der Waals surface area contributed by atoms with E-state index in [1.807, 2.05) is 97.1 Å². The minimum absolute atomic E-state index is 0.139. The molecule has 3 aromatic carbocycles. The standard InChI is InChI=1S/C29H25N3O3/c33-28-26(31-29(34)35-20-22-12-6-2-7-13-22)17-24-16-25(23-14-8-3-9-15-23)30-18-27(24)32(28)19-21-10-4-1-5-11-21/h1-16,18,26H,17,19-20H2,(H,31,34). The summed E-state index contributed by atoms with van der Waals surface area (Å²) in [6, 6.07) is 30.4. The van der Waals surface area contributed by atoms with Gasteiger partial charge in [0.25, 0.3) is 0 Å². The number of aromatic nitrogens is 1. The van der Waals surface area contributed by atoms with E-state index in [4.69, 9.17) is 4.74 Å². The second-order valence-corrected chi connectivity index (χ2v) is 8.44. The number of carbonyl (C=O) groups excluding carboxylic acids is 2. The molecule has 0 fully saturated rings. The zero-order valence-corrected chi connectivity index (χ0v) is 19.1. The van der Waals surface area contributed by atoms with Crippen molar-refractivity contribution in [2.24, 2.45) is 0 Å². The van der Waals surface area contributed by atoms with E-state index in [2.05, 4.69) is 10.3 Å². The number of fused-ring (bicyclic) bond motifs is 1. The van der Waals surface area contributed by atoms with Gasteiger partial charge in [-0.15, -0.1) is 0 Å². The van der Waals surface area contributed by atoms with Crippen LogP contribution in [0.5, 0.6) is 0 Å². The zero-order chi connectivity index (χ0) is 24.0. The number of benzene rings is 3. The summed E-state index contributed by atoms with van der Waals surface area (Å²) in [6.07, 6.45) is 1.50. The lowest BCUT2D eigenvalue weighted by molar-refractivity contribution is -0.121. The van der Waals surface area contributed by atoms with Gasteiger partial charge < -0.3 is 15.0 Å². The molecule has 0 saturated heterocycles. The molecule has 2 heterocycles. The highest BCUT2D eigenvalue weighted by Gasteiger charge is 2.34. The van der Waals surface area contributed by atoms with Gasteiger partial charge in [0.15, 0.2) is 0 Å². The van der Waals surface area contributed by atoms with Crippen LogP contribution >= 0.6 is 0 Å². The number of alkyl carbamates (subject to hydrolysis) is 1. The predicted octanol–water partition coefficient (Wildman–Crippen LogP) is 5.13. The molecule has 0 radical (unpaired) electrons. The molecule has 0 saturated carbocycles. The van der Waals surface area contributed by atoms with Gasteiger partial charge in [0.05, 0.1) is 24.1 Å². The fraction of sp³-hybridized carbons (Fsp3) is 0.138. The lowest BCUT2D eigenvalue weighted by atomic mass is 9.96. The molecule has 1 aliphatic rings. The summed E-state index contributed by atoms with van der Waals surface area (Å²) in [5.41, 5.74) is 5.40. The van der Waals surface area contributed by atoms with E-state index >= 15 is 0 Å². The maximum atomic E-state index is 13.5. The Morgan fingerprint density at radius 2 is 1.54 bits per heavy atom. The van der Waals surface area contributed by atoms with E-state index in [0.29, 0.717) is 13.0 Å². The summed E-state index contributed by atoms with van der Waals surface area (Å²) in [6.45, 7) is 0.524. The van der Waals surface area contributed by atoms with Crippen molar-refractivity contribution < 1.29 is 14.3 Å². The van der Waals surface area contributed by atoms with Crippen LogP contribution < -0.4 is 10.2 Å². The minimum Gasteiger partial charge on any atom is -0.445 e. The lowest BCUT2D eigenvalue weighted by Crippen LogP contribution is -2.52. The first-order chi connectivity index (χ1) is 17.2. The Balaban J connectivity index is 1.40. The summed E-state index contributed by atoms with van der Waals surface area (Å²) in [4.78, 5) is 32.4. The van der Waals surface area contributed by atoms with Gasteiger partial charge in [-0.1, -0.05) is 91.0 Å². The van der Waals surface area contributed by atoms with Gasteiger partial charge in [-0.05, 0) is 22.8 Å². The molecule has 1 aromatic heterocycles. The molecule has 1 aliphatic heterocycles. The van der Waals surface area contributed by atoms with E-state index in [1.54, 1.807) is 11.1 Å². The van der Waals surface area contributed by atoms with Crippen LogP contribution in [-0.4, -0.2) is 23.0 Å². The smallest absolute Gasteiger partial charge is 0.408 e. The molecule has 0 bridgehead atoms. The maximum Gasteiger partial charge on any atom is 0.408 e. The number of anilines is 1. The van der Waals surface area contributed by atoms with Crippen molar-refractivity contribution in [2.45, 2.75) is 25.6 Å². The third-order valence-electron chi connectivity index (χ3n) is 6.00. The fourth-order valence-corrected chi connectivity index (χ4v) is 4.23. The van der Waals surface area contributed by atoms with Crippen molar-refractivity contribution in [3.63, 3.8) is 0 Å². The molecule has 1 N–H and O–H groups in total. The Morgan fingerprint density at radius 3 is 2.23 bits per heavy atom. The number of carbonyl (C=O) groups is 2. The molecule has 6 nitrogen and oxygen atoms in total. The van der Waals surface area contributed by atoms with Gasteiger partial charge in [0.1, 0.15) is 12.6 Å². The zero-order valence-electron chi connectivity index (χ0n) is 19.1. The molecule has 4 aromatic rings. The summed E-state index contributed by atoms with van der Waals surface area (Å²) < 4.78 is 5.38. The van der Waals surface area contributed by atoms with Gasteiger partial charge in [0.2, 0.25) is 5.91 Å². The van der Waals surface area contributed by atoms with Crippen LogP contribution in [0.15, 0.2) is 103 Å². The Kier molecular flexibility index (Phi) is 6.52. The van der Waals surface area contributed by atoms with Crippen LogP contribution in [0.2, 0.25) is 0 Å². The van der Waals surface area contributed by atoms with E-state index in [0.717, 1.165) is 33.6 Å². The SMILES string of the molecule is O=C(NC1Cc2cc(-c3ccccc3)ncc2N(Cc2ccccc2)C1=O)OCc1ccccc1. The van der Waals surface area contributed by atoms with Gasteiger partial charge in [-0.2, -0.15) is 0 Å². The lowest BCUT2D eigenvalue weighted by Gasteiger charge is -2.34. The van der Waals surface area contributed by atoms with Gasteiger partial charge >= 0.3 is 6.09 Å². The maximum absolute atomic E-state index is 13.5. The van der Waals surface area contributed by atoms with Crippen molar-refractivity contribution >= 4 is 17.7 Å². The number of hydrogen-bond donors (Lipinski definition) is 1. The normalized spacial score (nSPS) is 14.8. The summed E-state index contributed by atoms with van der Waals surface area (Å²) in [5, 5.41) is 2.78. The van der Waals surface area contributed by atoms with E-state index < -0.39 is 12.1 Å². The van der Waals surface area contributed by atoms with Crippen molar-refractivity contribution in [3.05, 3.63) is 120 Å². The second kappa shape index (κ2) is 10.2. The number of ether oxygens (including phenoxy) is 1. The van der Waals surface area contributed by atoms with Gasteiger partial charge in [0, 0.05) is 12.0 Å². The number of nitrogens with one attached hydrogen (secondary N) is 1. The summed E-state index contributed by atoms with van der Waals surface area (Å²) >= 11 is 0. The molecule has 2 amide bonds. The summed E-state index contributed by atoms with van der Waals surface area (Å²) in [7, 11) is 0. The molecule has 0 spiro atoms. The van der Waals surface area contributed by atoms with Crippen molar-refractivity contribution in [3.8, 4) is 11.3 Å². The minimum atomic E-state index is -0.736. The van der Waals surface area contributed by atoms with Crippen molar-refractivity contribution in [1.29, 1.82) is 0 Å². The van der Waals surface area contributed by atoms with E-state index in [-0.39, 0.29) is 12.5 Å². The van der Waals surface area contributed by atoms with E-state index in [9.17, 15) is 9.59 Å². The number of amides is 2. The third kappa shape index (κ3) is 5.22. The van der Waals surface area contributed by atoms with Crippen molar-refractivity contribution in [1.82, 2.24) is 10.3 Å². The topological polar surface area (TPSA) is 71.5 Å². The Morgan fingerprint density at radius 1 is 0.914 bits per heavy atom. The van der Waals surface area contributed by atoms with Crippen LogP contribution in [0.3, 0.4) is 0 Å². The fourth-order valence-electron chi connectivity index (χ4n) is 4.23. The average Bonchev–Trinajstić information content (AvgIpc) is 2.91. The van der Waals surface area contributed by atoms with E-state index in [1.165, 1.54) is 0 Å².